The van der Waals surface area contributed by atoms with E-state index >= 15 is 0 Å². The van der Waals surface area contributed by atoms with Gasteiger partial charge < -0.3 is 20.2 Å². The molecule has 0 unspecified atom stereocenters. The second kappa shape index (κ2) is 10.1. The van der Waals surface area contributed by atoms with E-state index in [9.17, 15) is 30.0 Å². The maximum absolute atomic E-state index is 12.9. The van der Waals surface area contributed by atoms with Gasteiger partial charge in [0.15, 0.2) is 18.9 Å². The highest BCUT2D eigenvalue weighted by Crippen LogP contribution is 2.39. The Morgan fingerprint density at radius 3 is 2.06 bits per heavy atom. The van der Waals surface area contributed by atoms with Crippen LogP contribution in [-0.4, -0.2) is 44.5 Å². The molecule has 0 atom stereocenters. The van der Waals surface area contributed by atoms with Crippen molar-refractivity contribution in [2.24, 2.45) is 0 Å². The number of aromatic nitrogens is 1. The number of aliphatic hydroxyl groups excluding tert-OH is 1. The number of allylic oxidation sites excluding steroid dienone is 7. The summed E-state index contributed by atoms with van der Waals surface area (Å²) in [5.41, 5.74) is 0.213. The van der Waals surface area contributed by atoms with Gasteiger partial charge >= 0.3 is 11.9 Å². The van der Waals surface area contributed by atoms with E-state index < -0.39 is 23.5 Å². The minimum atomic E-state index is -0.947. The summed E-state index contributed by atoms with van der Waals surface area (Å²) in [7, 11) is 0. The summed E-state index contributed by atoms with van der Waals surface area (Å²) in [6.45, 7) is 0.465. The Balaban J connectivity index is 1.90. The molecule has 10 heteroatoms. The van der Waals surface area contributed by atoms with Gasteiger partial charge in [-0.2, -0.15) is 10.5 Å². The lowest BCUT2D eigenvalue weighted by Crippen LogP contribution is -2.33. The maximum atomic E-state index is 12.9. The van der Waals surface area contributed by atoms with Crippen LogP contribution in [0.15, 0.2) is 77.1 Å². The van der Waals surface area contributed by atoms with Crippen molar-refractivity contribution in [2.45, 2.75) is 19.4 Å². The van der Waals surface area contributed by atoms with Crippen LogP contribution in [0.1, 0.15) is 18.4 Å². The van der Waals surface area contributed by atoms with E-state index in [1.807, 2.05) is 12.1 Å². The van der Waals surface area contributed by atoms with Crippen LogP contribution in [-0.2, 0) is 20.9 Å². The molecule has 170 valence electrons. The summed E-state index contributed by atoms with van der Waals surface area (Å²) < 4.78 is 1.61. The third-order valence-electron chi connectivity index (χ3n) is 5.18. The Bertz CT molecular complexity index is 1280. The number of carbonyl (C=O) groups excluding carboxylic acids is 1. The Kier molecular flexibility index (Phi) is 7.04. The number of carbonyl (C=O) groups is 3. The molecule has 1 aliphatic heterocycles. The molecule has 3 rings (SSSR count). The number of ketones is 1. The van der Waals surface area contributed by atoms with Crippen LogP contribution >= 0.6 is 0 Å². The Hall–Kier alpha value is -4.96. The first-order valence-electron chi connectivity index (χ1n) is 10.1. The molecule has 1 aliphatic carbocycles. The highest BCUT2D eigenvalue weighted by Gasteiger charge is 2.40. The van der Waals surface area contributed by atoms with E-state index in [2.05, 4.69) is 0 Å². The third-order valence-corrected chi connectivity index (χ3v) is 5.18. The van der Waals surface area contributed by atoms with E-state index in [4.69, 9.17) is 10.2 Å². The molecule has 34 heavy (non-hydrogen) atoms. The largest absolute Gasteiger partial charge is 0.506 e. The normalized spacial score (nSPS) is 16.0. The third kappa shape index (κ3) is 4.92. The van der Waals surface area contributed by atoms with Crippen molar-refractivity contribution in [1.82, 2.24) is 4.90 Å². The van der Waals surface area contributed by atoms with Gasteiger partial charge in [0.25, 0.3) is 0 Å². The summed E-state index contributed by atoms with van der Waals surface area (Å²) in [5.74, 6) is -2.99. The molecule has 0 spiro atoms. The molecule has 0 fully saturated rings. The zero-order valence-electron chi connectivity index (χ0n) is 17.8. The molecule has 0 saturated carbocycles. The van der Waals surface area contributed by atoms with E-state index in [0.717, 1.165) is 0 Å². The lowest BCUT2D eigenvalue weighted by atomic mass is 9.78. The Labute approximate surface area is 194 Å². The number of hydrogen-bond donors (Lipinski definition) is 3. The predicted molar refractivity (Wildman–Crippen MR) is 116 cm³/mol. The number of carboxylic acid groups (broad SMARTS) is 2. The van der Waals surface area contributed by atoms with Gasteiger partial charge in [0.2, 0.25) is 5.78 Å². The summed E-state index contributed by atoms with van der Waals surface area (Å²) >= 11 is 0. The summed E-state index contributed by atoms with van der Waals surface area (Å²) in [4.78, 5) is 35.9. The minimum absolute atomic E-state index is 0.0616. The fourth-order valence-corrected chi connectivity index (χ4v) is 3.39. The molecule has 0 bridgehead atoms. The molecular weight excluding hydrogens is 440 g/mol. The van der Waals surface area contributed by atoms with Crippen molar-refractivity contribution in [1.29, 1.82) is 10.5 Å². The number of rotatable bonds is 8. The van der Waals surface area contributed by atoms with Crippen LogP contribution in [0.25, 0.3) is 5.57 Å². The van der Waals surface area contributed by atoms with Gasteiger partial charge in [0.1, 0.15) is 24.3 Å². The molecule has 0 saturated heterocycles. The zero-order valence-corrected chi connectivity index (χ0v) is 17.8. The Morgan fingerprint density at radius 1 is 0.971 bits per heavy atom. The van der Waals surface area contributed by atoms with Crippen molar-refractivity contribution in [2.75, 3.05) is 6.54 Å². The first kappa shape index (κ1) is 23.7. The van der Waals surface area contributed by atoms with Crippen LogP contribution in [0.3, 0.4) is 0 Å². The monoisotopic (exact) mass is 459 g/mol. The van der Waals surface area contributed by atoms with Gasteiger partial charge in [-0.3, -0.25) is 14.4 Å². The number of aryl methyl sites for hydroxylation is 1. The molecule has 0 aromatic carbocycles. The van der Waals surface area contributed by atoms with Gasteiger partial charge in [0.05, 0.1) is 28.7 Å². The van der Waals surface area contributed by atoms with Gasteiger partial charge in [-0.1, -0.05) is 0 Å². The molecule has 0 radical (unpaired) electrons. The first-order chi connectivity index (χ1) is 16.3. The zero-order chi connectivity index (χ0) is 24.8. The van der Waals surface area contributed by atoms with Crippen molar-refractivity contribution in [3.05, 3.63) is 82.7 Å². The van der Waals surface area contributed by atoms with Gasteiger partial charge in [0, 0.05) is 36.6 Å². The number of carboxylic acids is 2. The second-order valence-electron chi connectivity index (χ2n) is 7.34. The molecule has 2 aliphatic rings. The predicted octanol–water partition coefficient (Wildman–Crippen LogP) is 1.76. The molecular formula is C24H19N4O6+. The smallest absolute Gasteiger partial charge is 0.309 e. The number of nitrogens with zero attached hydrogens (tertiary/aromatic N) is 4. The number of aliphatic carboxylic acids is 2. The van der Waals surface area contributed by atoms with Crippen molar-refractivity contribution in [3.8, 4) is 12.1 Å². The Morgan fingerprint density at radius 2 is 1.56 bits per heavy atom. The lowest BCUT2D eigenvalue weighted by molar-refractivity contribution is -0.696. The van der Waals surface area contributed by atoms with Crippen molar-refractivity contribution in [3.63, 3.8) is 0 Å². The second-order valence-corrected chi connectivity index (χ2v) is 7.34. The van der Waals surface area contributed by atoms with Crippen LogP contribution in [0, 0.1) is 22.7 Å². The van der Waals surface area contributed by atoms with Gasteiger partial charge in [-0.15, -0.1) is 0 Å². The summed E-state index contributed by atoms with van der Waals surface area (Å²) in [5, 5.41) is 47.4. The molecule has 2 heterocycles. The van der Waals surface area contributed by atoms with Gasteiger partial charge in [-0.05, 0) is 17.7 Å². The summed E-state index contributed by atoms with van der Waals surface area (Å²) in [6, 6.07) is 6.90. The average Bonchev–Trinajstić information content (AvgIpc) is 2.83. The number of Topliss-reactive ketones (excluding diaryl/α,β-unsaturated/α-hetero) is 1. The number of aliphatic hydroxyl groups is 1. The van der Waals surface area contributed by atoms with E-state index in [1.54, 1.807) is 34.3 Å². The molecule has 3 N–H and O–H groups in total. The molecule has 1 aromatic rings. The number of hydrogen-bond acceptors (Lipinski definition) is 7. The fraction of sp³-hybridized carbons (Fsp3) is 0.167. The van der Waals surface area contributed by atoms with Crippen LogP contribution in [0.4, 0.5) is 0 Å². The van der Waals surface area contributed by atoms with Gasteiger partial charge in [-0.25, -0.2) is 4.57 Å². The topological polar surface area (TPSA) is 167 Å². The SMILES string of the molecule is N#CC(=C1C=CN(CCC(=O)O)C=C1)C1=C(O)/C(=C(\C#N)c2cc[n+](CCC(=O)O)cc2)C1=O. The van der Waals surface area contributed by atoms with Crippen LogP contribution in [0.2, 0.25) is 0 Å². The standard InChI is InChI=1S/C24H18N4O6/c25-13-17(15-1-7-27(8-2-15)11-5-19(29)30)21-23(33)22(24(21)34)18(14-26)16-3-9-28(10-4-16)12-6-20(31)32/h1-4,7-10H,5-6,11-12H2,(H2-,29,30,31,32,33,34)/p+1. The van der Waals surface area contributed by atoms with Crippen molar-refractivity contribution < 1.29 is 34.3 Å². The van der Waals surface area contributed by atoms with Crippen LogP contribution in [0.5, 0.6) is 0 Å². The summed E-state index contributed by atoms with van der Waals surface area (Å²) in [6.07, 6.45) is 9.19. The first-order valence-corrected chi connectivity index (χ1v) is 10.1. The maximum Gasteiger partial charge on any atom is 0.309 e. The van der Waals surface area contributed by atoms with E-state index in [1.165, 1.54) is 24.3 Å². The number of pyridine rings is 1. The highest BCUT2D eigenvalue weighted by molar-refractivity contribution is 6.27. The minimum Gasteiger partial charge on any atom is -0.506 e. The fourth-order valence-electron chi connectivity index (χ4n) is 3.39. The van der Waals surface area contributed by atoms with E-state index in [0.29, 0.717) is 11.1 Å². The lowest BCUT2D eigenvalue weighted by Gasteiger charge is -2.24. The quantitative estimate of drug-likeness (QED) is 0.298. The van der Waals surface area contributed by atoms with Crippen LogP contribution < -0.4 is 4.57 Å². The molecule has 10 nitrogen and oxygen atoms in total. The molecule has 1 aromatic heterocycles. The average molecular weight is 459 g/mol. The van der Waals surface area contributed by atoms with E-state index in [-0.39, 0.29) is 48.2 Å². The molecule has 0 amide bonds. The van der Waals surface area contributed by atoms with Crippen molar-refractivity contribution >= 4 is 23.3 Å². The number of nitriles is 2. The highest BCUT2D eigenvalue weighted by atomic mass is 16.4.